The SMILES string of the molecule is O=C(C1=NOC2C(=O)N(c3cccc4ccccc34)C(=O)C12)c1cccs1. The molecule has 6 nitrogen and oxygen atoms in total. The third-order valence-electron chi connectivity index (χ3n) is 4.80. The van der Waals surface area contributed by atoms with Gasteiger partial charge in [0.05, 0.1) is 10.6 Å². The Bertz CT molecular complexity index is 1130. The minimum absolute atomic E-state index is 0.0106. The molecule has 2 unspecified atom stereocenters. The Kier molecular flexibility index (Phi) is 3.45. The van der Waals surface area contributed by atoms with Crippen LogP contribution in [0.3, 0.4) is 0 Å². The number of rotatable bonds is 3. The second-order valence-electron chi connectivity index (χ2n) is 6.30. The van der Waals surface area contributed by atoms with Gasteiger partial charge >= 0.3 is 0 Å². The summed E-state index contributed by atoms with van der Waals surface area (Å²) in [6.07, 6.45) is -1.09. The van der Waals surface area contributed by atoms with Gasteiger partial charge in [-0.2, -0.15) is 0 Å². The van der Waals surface area contributed by atoms with Crippen LogP contribution in [0.5, 0.6) is 0 Å². The molecule has 7 heteroatoms. The van der Waals surface area contributed by atoms with Crippen LogP contribution in [0.1, 0.15) is 9.67 Å². The lowest BCUT2D eigenvalue weighted by molar-refractivity contribution is -0.126. The highest BCUT2D eigenvalue weighted by Gasteiger charge is 2.57. The van der Waals surface area contributed by atoms with Crippen LogP contribution in [0, 0.1) is 5.92 Å². The monoisotopic (exact) mass is 376 g/mol. The van der Waals surface area contributed by atoms with Crippen LogP contribution in [0.4, 0.5) is 5.69 Å². The van der Waals surface area contributed by atoms with Crippen LogP contribution in [0.15, 0.2) is 65.1 Å². The molecule has 27 heavy (non-hydrogen) atoms. The van der Waals surface area contributed by atoms with Gasteiger partial charge in [0.25, 0.3) is 5.91 Å². The first-order valence-corrected chi connectivity index (χ1v) is 9.22. The summed E-state index contributed by atoms with van der Waals surface area (Å²) in [6, 6.07) is 16.3. The van der Waals surface area contributed by atoms with Crippen LogP contribution in [-0.4, -0.2) is 29.4 Å². The van der Waals surface area contributed by atoms with E-state index in [1.807, 2.05) is 30.3 Å². The van der Waals surface area contributed by atoms with Crippen molar-refractivity contribution in [2.75, 3.05) is 4.90 Å². The second-order valence-corrected chi connectivity index (χ2v) is 7.24. The number of nitrogens with zero attached hydrogens (tertiary/aromatic N) is 2. The maximum Gasteiger partial charge on any atom is 0.278 e. The summed E-state index contributed by atoms with van der Waals surface area (Å²) in [5.74, 6) is -2.37. The van der Waals surface area contributed by atoms with Gasteiger partial charge in [-0.3, -0.25) is 14.4 Å². The van der Waals surface area contributed by atoms with Crippen molar-refractivity contribution in [2.45, 2.75) is 6.10 Å². The van der Waals surface area contributed by atoms with Crippen molar-refractivity contribution in [3.63, 3.8) is 0 Å². The fourth-order valence-corrected chi connectivity index (χ4v) is 4.21. The van der Waals surface area contributed by atoms with Crippen molar-refractivity contribution in [1.82, 2.24) is 0 Å². The molecule has 1 aromatic heterocycles. The predicted octanol–water partition coefficient (Wildman–Crippen LogP) is 3.03. The number of hydrogen-bond donors (Lipinski definition) is 0. The van der Waals surface area contributed by atoms with Gasteiger partial charge in [0.1, 0.15) is 11.6 Å². The first-order valence-electron chi connectivity index (χ1n) is 8.34. The number of ketones is 1. The first-order chi connectivity index (χ1) is 13.2. The maximum absolute atomic E-state index is 13.1. The molecular formula is C20H12N2O4S. The number of oxime groups is 1. The molecule has 1 saturated heterocycles. The van der Waals surface area contributed by atoms with Gasteiger partial charge in [0, 0.05) is 5.39 Å². The van der Waals surface area contributed by atoms with Crippen LogP contribution in [-0.2, 0) is 14.4 Å². The van der Waals surface area contributed by atoms with E-state index in [1.165, 1.54) is 11.3 Å². The van der Waals surface area contributed by atoms with Crippen LogP contribution >= 0.6 is 11.3 Å². The molecule has 2 amide bonds. The molecule has 2 aliphatic rings. The van der Waals surface area contributed by atoms with E-state index in [-0.39, 0.29) is 11.5 Å². The van der Waals surface area contributed by atoms with Gasteiger partial charge in [0.2, 0.25) is 17.8 Å². The topological polar surface area (TPSA) is 76.0 Å². The van der Waals surface area contributed by atoms with Gasteiger partial charge in [-0.05, 0) is 22.9 Å². The van der Waals surface area contributed by atoms with Crippen molar-refractivity contribution in [3.8, 4) is 0 Å². The summed E-state index contributed by atoms with van der Waals surface area (Å²) in [5, 5.41) is 7.24. The van der Waals surface area contributed by atoms with E-state index in [0.717, 1.165) is 15.7 Å². The van der Waals surface area contributed by atoms with E-state index in [1.54, 1.807) is 29.6 Å². The van der Waals surface area contributed by atoms with Crippen LogP contribution < -0.4 is 4.90 Å². The highest BCUT2D eigenvalue weighted by atomic mass is 32.1. The van der Waals surface area contributed by atoms with Gasteiger partial charge in [-0.25, -0.2) is 4.90 Å². The smallest absolute Gasteiger partial charge is 0.278 e. The fraction of sp³-hybridized carbons (Fsp3) is 0.100. The molecule has 0 radical (unpaired) electrons. The standard InChI is InChI=1S/C20H12N2O4S/c23-17(14-9-4-10-27-14)16-15-18(26-21-16)20(25)22(19(15)24)13-8-3-6-11-5-1-2-7-12(11)13/h1-10,15,18H. The zero-order valence-electron chi connectivity index (χ0n) is 13.9. The molecule has 1 fully saturated rings. The number of fused-ring (bicyclic) bond motifs is 2. The number of carbonyl (C=O) groups excluding carboxylic acids is 3. The largest absolute Gasteiger partial charge is 0.381 e. The fourth-order valence-electron chi connectivity index (χ4n) is 3.54. The molecule has 0 spiro atoms. The lowest BCUT2D eigenvalue weighted by Crippen LogP contribution is -2.34. The average molecular weight is 376 g/mol. The minimum Gasteiger partial charge on any atom is -0.381 e. The number of hydrogen-bond acceptors (Lipinski definition) is 6. The van der Waals surface area contributed by atoms with Gasteiger partial charge < -0.3 is 4.84 Å². The summed E-state index contributed by atoms with van der Waals surface area (Å²) >= 11 is 1.26. The quantitative estimate of drug-likeness (QED) is 0.520. The van der Waals surface area contributed by atoms with Gasteiger partial charge in [0.15, 0.2) is 0 Å². The summed E-state index contributed by atoms with van der Waals surface area (Å²) in [7, 11) is 0. The van der Waals surface area contributed by atoms with Gasteiger partial charge in [-0.15, -0.1) is 11.3 Å². The number of amides is 2. The molecule has 3 heterocycles. The lowest BCUT2D eigenvalue weighted by Gasteiger charge is -2.17. The number of benzene rings is 2. The molecule has 3 aromatic rings. The number of anilines is 1. The normalized spacial score (nSPS) is 21.3. The molecule has 5 rings (SSSR count). The minimum atomic E-state index is -1.09. The van der Waals surface area contributed by atoms with E-state index < -0.39 is 23.8 Å². The lowest BCUT2D eigenvalue weighted by atomic mass is 9.96. The number of Topliss-reactive ketones (excluding diaryl/α,β-unsaturated/α-hetero) is 1. The van der Waals surface area contributed by atoms with Crippen molar-refractivity contribution in [2.24, 2.45) is 11.1 Å². The average Bonchev–Trinajstić information content (AvgIpc) is 3.41. The van der Waals surface area contributed by atoms with Crippen LogP contribution in [0.25, 0.3) is 10.8 Å². The number of imide groups is 1. The molecule has 2 aliphatic heterocycles. The zero-order valence-corrected chi connectivity index (χ0v) is 14.7. The summed E-state index contributed by atoms with van der Waals surface area (Å²) < 4.78 is 0. The Balaban J connectivity index is 1.56. The van der Waals surface area contributed by atoms with Crippen molar-refractivity contribution < 1.29 is 19.2 Å². The number of thiophene rings is 1. The molecule has 0 bridgehead atoms. The van der Waals surface area contributed by atoms with E-state index in [0.29, 0.717) is 10.6 Å². The maximum atomic E-state index is 13.1. The molecule has 0 aliphatic carbocycles. The Morgan fingerprint density at radius 2 is 1.81 bits per heavy atom. The molecule has 132 valence electrons. The van der Waals surface area contributed by atoms with E-state index in [2.05, 4.69) is 5.16 Å². The molecule has 0 saturated carbocycles. The third-order valence-corrected chi connectivity index (χ3v) is 5.67. The van der Waals surface area contributed by atoms with E-state index in [4.69, 9.17) is 4.84 Å². The van der Waals surface area contributed by atoms with Crippen molar-refractivity contribution >= 4 is 51.1 Å². The predicted molar refractivity (Wildman–Crippen MR) is 101 cm³/mol. The summed E-state index contributed by atoms with van der Waals surface area (Å²) in [6.45, 7) is 0. The zero-order chi connectivity index (χ0) is 18.5. The summed E-state index contributed by atoms with van der Waals surface area (Å²) in [4.78, 5) is 45.5. The Morgan fingerprint density at radius 3 is 2.63 bits per heavy atom. The van der Waals surface area contributed by atoms with E-state index >= 15 is 0 Å². The highest BCUT2D eigenvalue weighted by molar-refractivity contribution is 7.13. The Labute approximate surface area is 157 Å². The Hall–Kier alpha value is -3.32. The van der Waals surface area contributed by atoms with Crippen molar-refractivity contribution in [1.29, 1.82) is 0 Å². The first kappa shape index (κ1) is 15.9. The molecule has 2 atom stereocenters. The van der Waals surface area contributed by atoms with Gasteiger partial charge in [-0.1, -0.05) is 47.6 Å². The highest BCUT2D eigenvalue weighted by Crippen LogP contribution is 2.37. The van der Waals surface area contributed by atoms with Crippen molar-refractivity contribution in [3.05, 3.63) is 64.9 Å². The molecular weight excluding hydrogens is 364 g/mol. The number of carbonyl (C=O) groups is 3. The summed E-state index contributed by atoms with van der Waals surface area (Å²) in [5.41, 5.74) is 0.479. The second kappa shape index (κ2) is 5.85. The molecule has 0 N–H and O–H groups in total. The van der Waals surface area contributed by atoms with Crippen LogP contribution in [0.2, 0.25) is 0 Å². The van der Waals surface area contributed by atoms with E-state index in [9.17, 15) is 14.4 Å². The third kappa shape index (κ3) is 2.25. The molecule has 2 aromatic carbocycles. The Morgan fingerprint density at radius 1 is 1.00 bits per heavy atom.